The SMILES string of the molecule is Fc1cc2c(cc1F)SNC(=NC13CC1C3)N2. The molecule has 4 rings (SSSR count). The Morgan fingerprint density at radius 1 is 1.29 bits per heavy atom. The van der Waals surface area contributed by atoms with Gasteiger partial charge in [0.25, 0.3) is 0 Å². The Bertz CT molecular complexity index is 552. The Hall–Kier alpha value is -1.30. The van der Waals surface area contributed by atoms with Gasteiger partial charge in [-0.05, 0) is 36.8 Å². The molecule has 6 heteroatoms. The highest BCUT2D eigenvalue weighted by atomic mass is 32.2. The standard InChI is InChI=1S/C11H9F2N3S/c12-6-1-8-9(2-7(6)13)17-16-10(14-8)15-11-3-5(11)4-11/h1-2,5H,3-4H2,(H2,14,15,16). The van der Waals surface area contributed by atoms with E-state index < -0.39 is 11.6 Å². The van der Waals surface area contributed by atoms with Crippen LogP contribution in [0.3, 0.4) is 0 Å². The van der Waals surface area contributed by atoms with Crippen LogP contribution in [-0.2, 0) is 0 Å². The summed E-state index contributed by atoms with van der Waals surface area (Å²) in [7, 11) is 0. The molecule has 0 saturated heterocycles. The zero-order chi connectivity index (χ0) is 11.6. The highest BCUT2D eigenvalue weighted by molar-refractivity contribution is 7.98. The zero-order valence-electron chi connectivity index (χ0n) is 8.76. The van der Waals surface area contributed by atoms with Gasteiger partial charge in [-0.3, -0.25) is 4.72 Å². The number of aliphatic imine (C=N–C) groups is 1. The summed E-state index contributed by atoms with van der Waals surface area (Å²) in [4.78, 5) is 5.20. The first-order valence-electron chi connectivity index (χ1n) is 5.45. The molecule has 0 unspecified atom stereocenters. The Labute approximate surface area is 101 Å². The number of fused-ring (bicyclic) bond motifs is 2. The summed E-state index contributed by atoms with van der Waals surface area (Å²) in [6, 6.07) is 2.35. The smallest absolute Gasteiger partial charge is 0.206 e. The molecule has 0 amide bonds. The second-order valence-corrected chi connectivity index (χ2v) is 5.61. The number of nitrogens with one attached hydrogen (secondary N) is 2. The molecule has 0 bridgehead atoms. The number of benzene rings is 1. The highest BCUT2D eigenvalue weighted by Gasteiger charge is 2.70. The third-order valence-corrected chi connectivity index (χ3v) is 4.36. The number of hydrogen-bond acceptors (Lipinski definition) is 2. The molecular formula is C11H9F2N3S. The number of nitrogens with zero attached hydrogens (tertiary/aromatic N) is 1. The Morgan fingerprint density at radius 3 is 2.71 bits per heavy atom. The first-order chi connectivity index (χ1) is 8.16. The molecule has 1 aromatic rings. The summed E-state index contributed by atoms with van der Waals surface area (Å²) in [5, 5.41) is 3.00. The normalized spacial score (nSPS) is 34.5. The maximum atomic E-state index is 13.1. The fourth-order valence-electron chi connectivity index (χ4n) is 2.10. The van der Waals surface area contributed by atoms with E-state index >= 15 is 0 Å². The predicted octanol–water partition coefficient (Wildman–Crippen LogP) is 2.51. The number of rotatable bonds is 1. The molecule has 17 heavy (non-hydrogen) atoms. The van der Waals surface area contributed by atoms with E-state index in [1.54, 1.807) is 0 Å². The van der Waals surface area contributed by atoms with Crippen LogP contribution in [-0.4, -0.2) is 11.5 Å². The summed E-state index contributed by atoms with van der Waals surface area (Å²) in [5.74, 6) is -0.265. The maximum absolute atomic E-state index is 13.1. The molecule has 2 fully saturated rings. The van der Waals surface area contributed by atoms with E-state index in [0.29, 0.717) is 16.5 Å². The monoisotopic (exact) mass is 253 g/mol. The van der Waals surface area contributed by atoms with E-state index in [2.05, 4.69) is 15.0 Å². The average Bonchev–Trinajstić information content (AvgIpc) is 3.10. The lowest BCUT2D eigenvalue weighted by molar-refractivity contribution is 0.506. The van der Waals surface area contributed by atoms with Crippen molar-refractivity contribution in [1.29, 1.82) is 0 Å². The lowest BCUT2D eigenvalue weighted by atomic mass is 10.3. The van der Waals surface area contributed by atoms with Gasteiger partial charge in [-0.2, -0.15) is 0 Å². The summed E-state index contributed by atoms with van der Waals surface area (Å²) in [6.07, 6.45) is 2.32. The zero-order valence-corrected chi connectivity index (χ0v) is 9.57. The minimum atomic E-state index is -0.841. The Balaban J connectivity index is 1.66. The van der Waals surface area contributed by atoms with Crippen molar-refractivity contribution in [2.24, 2.45) is 10.9 Å². The van der Waals surface area contributed by atoms with Crippen LogP contribution >= 0.6 is 11.9 Å². The first kappa shape index (κ1) is 9.70. The van der Waals surface area contributed by atoms with Crippen LogP contribution < -0.4 is 10.0 Å². The van der Waals surface area contributed by atoms with Crippen LogP contribution in [0.1, 0.15) is 12.8 Å². The summed E-state index contributed by atoms with van der Waals surface area (Å²) < 4.78 is 29.1. The number of halogens is 2. The van der Waals surface area contributed by atoms with Crippen molar-refractivity contribution < 1.29 is 8.78 Å². The van der Waals surface area contributed by atoms with Gasteiger partial charge >= 0.3 is 0 Å². The van der Waals surface area contributed by atoms with Crippen LogP contribution in [0, 0.1) is 17.6 Å². The minimum Gasteiger partial charge on any atom is -0.324 e. The van der Waals surface area contributed by atoms with Crippen molar-refractivity contribution in [2.45, 2.75) is 23.3 Å². The molecular weight excluding hydrogens is 244 g/mol. The largest absolute Gasteiger partial charge is 0.324 e. The fraction of sp³-hybridized carbons (Fsp3) is 0.364. The first-order valence-corrected chi connectivity index (χ1v) is 6.27. The van der Waals surface area contributed by atoms with E-state index in [4.69, 9.17) is 0 Å². The van der Waals surface area contributed by atoms with Crippen LogP contribution in [0.2, 0.25) is 0 Å². The third kappa shape index (κ3) is 1.43. The van der Waals surface area contributed by atoms with Crippen molar-refractivity contribution in [3.63, 3.8) is 0 Å². The molecule has 3 aliphatic rings. The van der Waals surface area contributed by atoms with Gasteiger partial charge in [0, 0.05) is 6.07 Å². The average molecular weight is 253 g/mol. The topological polar surface area (TPSA) is 36.4 Å². The number of guanidine groups is 1. The van der Waals surface area contributed by atoms with Gasteiger partial charge < -0.3 is 5.32 Å². The van der Waals surface area contributed by atoms with Crippen molar-refractivity contribution in [1.82, 2.24) is 4.72 Å². The van der Waals surface area contributed by atoms with Crippen LogP contribution in [0.15, 0.2) is 22.0 Å². The molecule has 0 radical (unpaired) electrons. The van der Waals surface area contributed by atoms with Gasteiger partial charge in [0.15, 0.2) is 11.6 Å². The number of anilines is 1. The molecule has 3 nitrogen and oxygen atoms in total. The fourth-order valence-corrected chi connectivity index (χ4v) is 2.78. The van der Waals surface area contributed by atoms with E-state index in [9.17, 15) is 8.78 Å². The van der Waals surface area contributed by atoms with Crippen LogP contribution in [0.5, 0.6) is 0 Å². The Kier molecular flexibility index (Phi) is 1.67. The van der Waals surface area contributed by atoms with E-state index in [1.807, 2.05) is 0 Å². The molecule has 0 atom stereocenters. The van der Waals surface area contributed by atoms with Gasteiger partial charge in [0.2, 0.25) is 5.96 Å². The Morgan fingerprint density at radius 2 is 2.00 bits per heavy atom. The molecule has 88 valence electrons. The van der Waals surface area contributed by atoms with Crippen molar-refractivity contribution in [3.05, 3.63) is 23.8 Å². The van der Waals surface area contributed by atoms with Crippen molar-refractivity contribution >= 4 is 23.6 Å². The molecule has 2 aliphatic carbocycles. The molecule has 2 N–H and O–H groups in total. The molecule has 1 heterocycles. The summed E-state index contributed by atoms with van der Waals surface area (Å²) in [6.45, 7) is 0. The lowest BCUT2D eigenvalue weighted by Gasteiger charge is -2.20. The van der Waals surface area contributed by atoms with Gasteiger partial charge in [0.05, 0.1) is 16.1 Å². The summed E-state index contributed by atoms with van der Waals surface area (Å²) in [5.41, 5.74) is 0.743. The van der Waals surface area contributed by atoms with Crippen LogP contribution in [0.4, 0.5) is 14.5 Å². The summed E-state index contributed by atoms with van der Waals surface area (Å²) >= 11 is 1.26. The second kappa shape index (κ2) is 2.93. The second-order valence-electron chi connectivity index (χ2n) is 4.76. The maximum Gasteiger partial charge on any atom is 0.206 e. The van der Waals surface area contributed by atoms with Gasteiger partial charge in [-0.15, -0.1) is 0 Å². The van der Waals surface area contributed by atoms with Crippen LogP contribution in [0.25, 0.3) is 0 Å². The van der Waals surface area contributed by atoms with Crippen molar-refractivity contribution in [2.75, 3.05) is 5.32 Å². The van der Waals surface area contributed by atoms with E-state index in [1.165, 1.54) is 24.1 Å². The quantitative estimate of drug-likeness (QED) is 0.755. The molecule has 0 spiro atoms. The van der Waals surface area contributed by atoms with Gasteiger partial charge in [0.1, 0.15) is 0 Å². The molecule has 2 saturated carbocycles. The van der Waals surface area contributed by atoms with Gasteiger partial charge in [-0.1, -0.05) is 0 Å². The lowest BCUT2D eigenvalue weighted by Crippen LogP contribution is -2.30. The van der Waals surface area contributed by atoms with E-state index in [-0.39, 0.29) is 5.54 Å². The molecule has 1 aromatic carbocycles. The highest BCUT2D eigenvalue weighted by Crippen LogP contribution is 2.69. The number of hydrogen-bond donors (Lipinski definition) is 2. The third-order valence-electron chi connectivity index (χ3n) is 3.51. The van der Waals surface area contributed by atoms with E-state index in [0.717, 1.165) is 18.8 Å². The van der Waals surface area contributed by atoms with Crippen molar-refractivity contribution in [3.8, 4) is 0 Å². The molecule has 0 aromatic heterocycles. The predicted molar refractivity (Wildman–Crippen MR) is 61.9 cm³/mol. The minimum absolute atomic E-state index is 0.173. The van der Waals surface area contributed by atoms with Gasteiger partial charge in [-0.25, -0.2) is 13.8 Å². The molecule has 1 aliphatic heterocycles.